The first-order valence-corrected chi connectivity index (χ1v) is 55.7. The van der Waals surface area contributed by atoms with Gasteiger partial charge in [-0.15, -0.1) is 0 Å². The summed E-state index contributed by atoms with van der Waals surface area (Å²) in [6, 6.07) is 114. The van der Waals surface area contributed by atoms with Crippen LogP contribution in [0.3, 0.4) is 0 Å². The standard InChI is InChI=1S/C30H32IO4S.C29H30IO4S.C27H28IO4S.C26H26IO4S/c1-22(31)30(33)35-28(23-11-5-2-6-12-23)21-29(32)34-24-17-19-27(20-18-24)36(25-13-7-3-8-14-25)26-15-9-4-10-16-26;1-21(30)29(32)34-27(22-10-8-9-11-22)20-28(31)33-23-16-18-26(19-17-23)35(24-12-4-2-5-13-24)25-14-6-3-7-15-25;1-19(2)25(32-27(30)20(3)28)18-26(29)31-21-14-16-24(17-15-21)33(22-10-6-4-7-11-22)23-12-8-5-9-13-23;1-3-20(31-26(29)19(2)27)18-25(28)30-21-14-16-24(17-15-21)32(22-10-6-4-7-11-22)23-12-8-5-9-13-23/h3-4,7-10,13-20,22-23,28H,2,5-6,11-12,21H2,1H3;2-7,12-19,21-22,27H,8-11,20H2,1H3;4-17,19-20,25H,18H2,1-3H3;4-17,19-20H,3,18H2,1-2H3/q4*+1. The monoisotopic (exact) mass is 2350 g/mol. The second-order valence-corrected chi connectivity index (χ2v) is 48.5. The molecule has 0 heterocycles. The van der Waals surface area contributed by atoms with Gasteiger partial charge in [0, 0.05) is 0 Å². The number of hydrogen-bond acceptors (Lipinski definition) is 16. The largest absolute Gasteiger partial charge is 0.461 e. The number of carbonyl (C=O) groups excluding carboxylic acids is 8. The van der Waals surface area contributed by atoms with Crippen molar-refractivity contribution in [3.8, 4) is 23.0 Å². The number of benzene rings is 12. The number of alkyl halides is 4. The Bertz CT molecular complexity index is 5500. The molecular formula is C112H116I4O16S4+4. The molecule has 2 fully saturated rings. The molecule has 0 aliphatic heterocycles. The van der Waals surface area contributed by atoms with Crippen molar-refractivity contribution in [3.05, 3.63) is 340 Å². The molecule has 708 valence electrons. The number of halogens is 4. The van der Waals surface area contributed by atoms with Crippen LogP contribution in [0.2, 0.25) is 0 Å². The highest BCUT2D eigenvalue weighted by Gasteiger charge is 2.38. The van der Waals surface area contributed by atoms with Crippen LogP contribution in [0.25, 0.3) is 0 Å². The summed E-state index contributed by atoms with van der Waals surface area (Å²) in [5.41, 5.74) is 0. The molecule has 12 aromatic rings. The minimum Gasteiger partial charge on any atom is -0.461 e. The third-order valence-electron chi connectivity index (χ3n) is 22.2. The topological polar surface area (TPSA) is 210 Å². The minimum absolute atomic E-state index is 0.0118. The van der Waals surface area contributed by atoms with Crippen LogP contribution in [-0.4, -0.2) is 87.9 Å². The Morgan fingerprint density at radius 3 is 0.676 bits per heavy atom. The Hall–Kier alpha value is -9.28. The average Bonchev–Trinajstić information content (AvgIpc) is 0.941. The van der Waals surface area contributed by atoms with Crippen LogP contribution < -0.4 is 18.9 Å². The van der Waals surface area contributed by atoms with E-state index < -0.39 is 36.4 Å². The van der Waals surface area contributed by atoms with Gasteiger partial charge >= 0.3 is 47.8 Å². The molecule has 0 amide bonds. The highest BCUT2D eigenvalue weighted by molar-refractivity contribution is 14.1. The average molecular weight is 2350 g/mol. The first-order chi connectivity index (χ1) is 65.8. The highest BCUT2D eigenvalue weighted by Crippen LogP contribution is 2.40. The molecule has 24 heteroatoms. The first kappa shape index (κ1) is 107. The maximum Gasteiger partial charge on any atom is 0.318 e. The zero-order chi connectivity index (χ0) is 96.7. The SMILES string of the molecule is CC(I)C(=O)OC(CC(=O)Oc1ccc([S+](c2ccccc2)c2ccccc2)cc1)C(C)C.CC(I)C(=O)OC(CC(=O)Oc1ccc([S+](c2ccccc2)c2ccccc2)cc1)C1CCCC1.CC(I)C(=O)OC(CC(=O)Oc1ccc([S+](c2ccccc2)c2ccccc2)cc1)C1CCCCC1.CCC(CC(=O)Oc1ccc([S+](c2ccccc2)c2ccccc2)cc1)OC(=O)C(C)I. The van der Waals surface area contributed by atoms with Crippen molar-refractivity contribution in [2.24, 2.45) is 17.8 Å². The van der Waals surface area contributed by atoms with Crippen LogP contribution in [0.15, 0.2) is 398 Å². The van der Waals surface area contributed by atoms with Crippen LogP contribution in [-0.2, 0) is 101 Å². The van der Waals surface area contributed by atoms with Crippen LogP contribution >= 0.6 is 90.4 Å². The van der Waals surface area contributed by atoms with Gasteiger partial charge in [0.15, 0.2) is 58.7 Å². The van der Waals surface area contributed by atoms with Gasteiger partial charge in [0.1, 0.15) is 63.1 Å². The smallest absolute Gasteiger partial charge is 0.318 e. The molecule has 2 aliphatic rings. The lowest BCUT2D eigenvalue weighted by molar-refractivity contribution is -0.156. The number of hydrogen-bond donors (Lipinski definition) is 0. The van der Waals surface area contributed by atoms with Crippen molar-refractivity contribution in [2.45, 2.75) is 237 Å². The molecular weight excluding hydrogens is 2240 g/mol. The molecule has 0 aromatic heterocycles. The molecule has 14 rings (SSSR count). The Morgan fingerprint density at radius 2 is 0.456 bits per heavy atom. The van der Waals surface area contributed by atoms with Crippen molar-refractivity contribution in [3.63, 3.8) is 0 Å². The summed E-state index contributed by atoms with van der Waals surface area (Å²) in [5, 5.41) is 0. The molecule has 8 atom stereocenters. The third kappa shape index (κ3) is 34.4. The lowest BCUT2D eigenvalue weighted by Gasteiger charge is -2.29. The molecule has 0 saturated heterocycles. The molecule has 0 radical (unpaired) electrons. The van der Waals surface area contributed by atoms with Crippen LogP contribution in [0.5, 0.6) is 23.0 Å². The predicted octanol–water partition coefficient (Wildman–Crippen LogP) is 27.1. The Kier molecular flexibility index (Phi) is 44.7. The molecule has 16 nitrogen and oxygen atoms in total. The van der Waals surface area contributed by atoms with Gasteiger partial charge < -0.3 is 37.9 Å². The molecule has 12 aromatic carbocycles. The second-order valence-electron chi connectivity index (χ2n) is 32.9. The van der Waals surface area contributed by atoms with Crippen molar-refractivity contribution in [2.75, 3.05) is 0 Å². The molecule has 8 unspecified atom stereocenters. The number of carbonyl (C=O) groups is 8. The van der Waals surface area contributed by atoms with Gasteiger partial charge in [0.05, 0.1) is 69.3 Å². The fourth-order valence-corrected chi connectivity index (χ4v) is 24.1. The summed E-state index contributed by atoms with van der Waals surface area (Å²) in [5.74, 6) is -0.320. The van der Waals surface area contributed by atoms with Crippen molar-refractivity contribution in [1.29, 1.82) is 0 Å². The molecule has 0 spiro atoms. The quantitative estimate of drug-likeness (QED) is 0.00892. The second kappa shape index (κ2) is 56.7. The van der Waals surface area contributed by atoms with Crippen molar-refractivity contribution < 1.29 is 76.3 Å². The highest BCUT2D eigenvalue weighted by atomic mass is 127. The van der Waals surface area contributed by atoms with Gasteiger partial charge in [-0.1, -0.05) is 289 Å². The predicted molar refractivity (Wildman–Crippen MR) is 574 cm³/mol. The van der Waals surface area contributed by atoms with Gasteiger partial charge in [-0.05, 0) is 272 Å². The van der Waals surface area contributed by atoms with Gasteiger partial charge in [-0.2, -0.15) is 0 Å². The molecule has 2 aliphatic carbocycles. The maximum atomic E-state index is 12.9. The zero-order valence-corrected chi connectivity index (χ0v) is 89.2. The minimum atomic E-state index is -0.511. The molecule has 0 N–H and O–H groups in total. The van der Waals surface area contributed by atoms with Gasteiger partial charge in [0.25, 0.3) is 0 Å². The van der Waals surface area contributed by atoms with E-state index in [0.29, 0.717) is 29.4 Å². The van der Waals surface area contributed by atoms with E-state index in [9.17, 15) is 38.4 Å². The summed E-state index contributed by atoms with van der Waals surface area (Å²) in [4.78, 5) is 113. The fraction of sp³-hybridized carbons (Fsp3) is 0.286. The van der Waals surface area contributed by atoms with Gasteiger partial charge in [-0.25, -0.2) is 0 Å². The summed E-state index contributed by atoms with van der Waals surface area (Å²) in [6.45, 7) is 12.9. The molecule has 0 bridgehead atoms. The van der Waals surface area contributed by atoms with Crippen LogP contribution in [0.1, 0.15) is 138 Å². The Labute approximate surface area is 866 Å². The summed E-state index contributed by atoms with van der Waals surface area (Å²) < 4.78 is 43.7. The Balaban J connectivity index is 0.000000174. The number of esters is 8. The number of rotatable bonds is 36. The normalized spacial score (nSPS) is 14.3. The van der Waals surface area contributed by atoms with E-state index in [4.69, 9.17) is 37.9 Å². The van der Waals surface area contributed by atoms with E-state index in [1.54, 1.807) is 27.7 Å². The van der Waals surface area contributed by atoms with Crippen LogP contribution in [0.4, 0.5) is 0 Å². The summed E-state index contributed by atoms with van der Waals surface area (Å²) in [7, 11) is -1.03. The summed E-state index contributed by atoms with van der Waals surface area (Å²) in [6.07, 6.45) is 8.51. The molecule has 136 heavy (non-hydrogen) atoms. The van der Waals surface area contributed by atoms with E-state index in [0.717, 1.165) is 70.9 Å². The van der Waals surface area contributed by atoms with E-state index in [2.05, 4.69) is 168 Å². The fourth-order valence-electron chi connectivity index (χ4n) is 15.1. The summed E-state index contributed by atoms with van der Waals surface area (Å²) >= 11 is 8.10. The Morgan fingerprint density at radius 1 is 0.257 bits per heavy atom. The zero-order valence-electron chi connectivity index (χ0n) is 77.3. The van der Waals surface area contributed by atoms with E-state index in [-0.39, 0.29) is 139 Å². The van der Waals surface area contributed by atoms with Crippen LogP contribution in [0, 0.1) is 17.8 Å². The van der Waals surface area contributed by atoms with E-state index >= 15 is 0 Å². The maximum absolute atomic E-state index is 12.9. The lowest BCUT2D eigenvalue weighted by atomic mass is 9.84. The van der Waals surface area contributed by atoms with E-state index in [1.807, 2.05) is 283 Å². The van der Waals surface area contributed by atoms with Gasteiger partial charge in [0.2, 0.25) is 0 Å². The van der Waals surface area contributed by atoms with E-state index in [1.165, 1.54) is 45.6 Å². The van der Waals surface area contributed by atoms with Crippen molar-refractivity contribution in [1.82, 2.24) is 0 Å². The lowest BCUT2D eigenvalue weighted by Crippen LogP contribution is -2.34. The van der Waals surface area contributed by atoms with Crippen molar-refractivity contribution >= 4 is 182 Å². The third-order valence-corrected chi connectivity index (χ3v) is 33.1. The van der Waals surface area contributed by atoms with Gasteiger partial charge in [-0.3, -0.25) is 38.4 Å². The first-order valence-electron chi connectivity index (χ1n) is 45.8. The number of ether oxygens (including phenoxy) is 8. The molecule has 2 saturated carbocycles.